The van der Waals surface area contributed by atoms with Gasteiger partial charge in [0.05, 0.1) is 5.69 Å². The van der Waals surface area contributed by atoms with Crippen LogP contribution < -0.4 is 0 Å². The number of nitrogens with zero attached hydrogens (tertiary/aromatic N) is 2. The highest BCUT2D eigenvalue weighted by molar-refractivity contribution is 7.15. The molecule has 1 amide bonds. The van der Waals surface area contributed by atoms with Gasteiger partial charge in [-0.3, -0.25) is 4.79 Å². The van der Waals surface area contributed by atoms with Crippen LogP contribution in [0.3, 0.4) is 0 Å². The lowest BCUT2D eigenvalue weighted by Gasteiger charge is -2.25. The molecule has 1 fully saturated rings. The molecule has 1 aromatic heterocycles. The van der Waals surface area contributed by atoms with Gasteiger partial charge in [0, 0.05) is 29.4 Å². The fraction of sp³-hybridized carbons (Fsp3) is 0.444. The van der Waals surface area contributed by atoms with E-state index in [1.807, 2.05) is 6.07 Å². The maximum absolute atomic E-state index is 12.6. The monoisotopic (exact) mass is 312 g/mol. The molecule has 2 aliphatic rings. The van der Waals surface area contributed by atoms with E-state index in [1.165, 1.54) is 29.0 Å². The molecule has 1 aromatic carbocycles. The maximum Gasteiger partial charge on any atom is 0.226 e. The van der Waals surface area contributed by atoms with Gasteiger partial charge in [-0.1, -0.05) is 30.3 Å². The smallest absolute Gasteiger partial charge is 0.226 e. The lowest BCUT2D eigenvalue weighted by Crippen LogP contribution is -2.36. The molecule has 0 saturated carbocycles. The van der Waals surface area contributed by atoms with Gasteiger partial charge in [0.25, 0.3) is 0 Å². The summed E-state index contributed by atoms with van der Waals surface area (Å²) in [5, 5.41) is 1.10. The molecular formula is C18H20N2OS. The van der Waals surface area contributed by atoms with Gasteiger partial charge in [-0.25, -0.2) is 4.98 Å². The van der Waals surface area contributed by atoms with Crippen molar-refractivity contribution in [3.05, 3.63) is 40.9 Å². The van der Waals surface area contributed by atoms with Crippen LogP contribution in [-0.4, -0.2) is 28.9 Å². The topological polar surface area (TPSA) is 33.2 Å². The van der Waals surface area contributed by atoms with Crippen LogP contribution in [0.15, 0.2) is 30.3 Å². The summed E-state index contributed by atoms with van der Waals surface area (Å²) in [7, 11) is 0. The molecule has 2 aromatic rings. The number of amides is 1. The Morgan fingerprint density at radius 1 is 1.18 bits per heavy atom. The zero-order valence-corrected chi connectivity index (χ0v) is 13.4. The van der Waals surface area contributed by atoms with Crippen LogP contribution in [0.1, 0.15) is 29.8 Å². The molecular weight excluding hydrogens is 292 g/mol. The quantitative estimate of drug-likeness (QED) is 0.850. The van der Waals surface area contributed by atoms with Gasteiger partial charge in [0.2, 0.25) is 5.91 Å². The second-order valence-electron chi connectivity index (χ2n) is 6.23. The van der Waals surface area contributed by atoms with Crippen molar-refractivity contribution in [3.8, 4) is 10.6 Å². The van der Waals surface area contributed by atoms with Crippen LogP contribution in [0.4, 0.5) is 0 Å². The third-order valence-corrected chi connectivity index (χ3v) is 5.90. The zero-order chi connectivity index (χ0) is 14.9. The normalized spacial score (nSPS) is 20.9. The van der Waals surface area contributed by atoms with Gasteiger partial charge < -0.3 is 4.90 Å². The Bertz CT molecular complexity index is 674. The predicted octanol–water partition coefficient (Wildman–Crippen LogP) is 3.54. The Hall–Kier alpha value is -1.68. The van der Waals surface area contributed by atoms with Crippen molar-refractivity contribution in [1.82, 2.24) is 9.88 Å². The van der Waals surface area contributed by atoms with Crippen LogP contribution in [0.25, 0.3) is 10.6 Å². The van der Waals surface area contributed by atoms with Crippen molar-refractivity contribution >= 4 is 17.2 Å². The Balaban J connectivity index is 1.54. The Labute approximate surface area is 135 Å². The summed E-state index contributed by atoms with van der Waals surface area (Å²) in [6.45, 7) is 1.92. The Morgan fingerprint density at radius 2 is 1.95 bits per heavy atom. The number of fused-ring (bicyclic) bond motifs is 1. The molecule has 1 aliphatic heterocycles. The van der Waals surface area contributed by atoms with Crippen molar-refractivity contribution in [3.63, 3.8) is 0 Å². The number of aryl methyl sites for hydroxylation is 1. The van der Waals surface area contributed by atoms with E-state index in [4.69, 9.17) is 4.98 Å². The molecule has 4 heteroatoms. The molecule has 1 unspecified atom stereocenters. The number of aromatic nitrogens is 1. The average Bonchev–Trinajstić information content (AvgIpc) is 3.23. The van der Waals surface area contributed by atoms with Crippen LogP contribution in [-0.2, 0) is 17.6 Å². The second kappa shape index (κ2) is 5.84. The van der Waals surface area contributed by atoms with Crippen molar-refractivity contribution in [2.24, 2.45) is 5.92 Å². The van der Waals surface area contributed by atoms with E-state index in [-0.39, 0.29) is 5.92 Å². The molecule has 2 heterocycles. The molecule has 0 spiro atoms. The SMILES string of the molecule is O=C(C1CCc2nc(-c3ccccc3)sc2C1)N1CCCC1. The largest absolute Gasteiger partial charge is 0.342 e. The molecule has 0 bridgehead atoms. The summed E-state index contributed by atoms with van der Waals surface area (Å²) in [6.07, 6.45) is 5.13. The molecule has 0 N–H and O–H groups in total. The molecule has 1 aliphatic carbocycles. The van der Waals surface area contributed by atoms with E-state index < -0.39 is 0 Å². The molecule has 3 nitrogen and oxygen atoms in total. The highest BCUT2D eigenvalue weighted by atomic mass is 32.1. The minimum absolute atomic E-state index is 0.176. The number of hydrogen-bond acceptors (Lipinski definition) is 3. The summed E-state index contributed by atoms with van der Waals surface area (Å²) in [6, 6.07) is 10.3. The first kappa shape index (κ1) is 13.9. The fourth-order valence-corrected chi connectivity index (χ4v) is 4.68. The summed E-state index contributed by atoms with van der Waals surface area (Å²) >= 11 is 1.77. The van der Waals surface area contributed by atoms with Gasteiger partial charge in [-0.2, -0.15) is 0 Å². The summed E-state index contributed by atoms with van der Waals surface area (Å²) in [5.41, 5.74) is 2.40. The zero-order valence-electron chi connectivity index (χ0n) is 12.6. The van der Waals surface area contributed by atoms with Crippen molar-refractivity contribution in [1.29, 1.82) is 0 Å². The number of thiazole rings is 1. The van der Waals surface area contributed by atoms with E-state index in [9.17, 15) is 4.79 Å². The summed E-state index contributed by atoms with van der Waals surface area (Å²) < 4.78 is 0. The standard InChI is InChI=1S/C18H20N2OS/c21-18(20-10-4-5-11-20)14-8-9-15-16(12-14)22-17(19-15)13-6-2-1-3-7-13/h1-3,6-7,14H,4-5,8-12H2. The van der Waals surface area contributed by atoms with Gasteiger partial charge >= 0.3 is 0 Å². The molecule has 1 atom stereocenters. The maximum atomic E-state index is 12.6. The predicted molar refractivity (Wildman–Crippen MR) is 88.9 cm³/mol. The van der Waals surface area contributed by atoms with Crippen LogP contribution >= 0.6 is 11.3 Å². The summed E-state index contributed by atoms with van der Waals surface area (Å²) in [5.74, 6) is 0.549. The van der Waals surface area contributed by atoms with Crippen molar-refractivity contribution in [2.45, 2.75) is 32.1 Å². The van der Waals surface area contributed by atoms with Gasteiger partial charge in [0.1, 0.15) is 5.01 Å². The highest BCUT2D eigenvalue weighted by Crippen LogP contribution is 2.35. The van der Waals surface area contributed by atoms with Crippen LogP contribution in [0.2, 0.25) is 0 Å². The van der Waals surface area contributed by atoms with Crippen LogP contribution in [0.5, 0.6) is 0 Å². The second-order valence-corrected chi connectivity index (χ2v) is 7.31. The number of rotatable bonds is 2. The minimum Gasteiger partial charge on any atom is -0.342 e. The van der Waals surface area contributed by atoms with E-state index in [1.54, 1.807) is 11.3 Å². The van der Waals surface area contributed by atoms with E-state index in [0.717, 1.165) is 37.4 Å². The fourth-order valence-electron chi connectivity index (χ4n) is 3.49. The number of carbonyl (C=O) groups excluding carboxylic acids is 1. The first-order valence-corrected chi connectivity index (χ1v) is 8.96. The average molecular weight is 312 g/mol. The molecule has 0 radical (unpaired) electrons. The molecule has 114 valence electrons. The van der Waals surface area contributed by atoms with E-state index in [2.05, 4.69) is 29.2 Å². The van der Waals surface area contributed by atoms with Gasteiger partial charge in [0.15, 0.2) is 0 Å². The van der Waals surface area contributed by atoms with Gasteiger partial charge in [-0.05, 0) is 32.1 Å². The van der Waals surface area contributed by atoms with Crippen LogP contribution in [0, 0.1) is 5.92 Å². The molecule has 1 saturated heterocycles. The Morgan fingerprint density at radius 3 is 2.73 bits per heavy atom. The third kappa shape index (κ3) is 2.56. The van der Waals surface area contributed by atoms with E-state index in [0.29, 0.717) is 5.91 Å². The molecule has 22 heavy (non-hydrogen) atoms. The molecule has 4 rings (SSSR count). The summed E-state index contributed by atoms with van der Waals surface area (Å²) in [4.78, 5) is 20.8. The lowest BCUT2D eigenvalue weighted by molar-refractivity contribution is -0.134. The number of hydrogen-bond donors (Lipinski definition) is 0. The van der Waals surface area contributed by atoms with Gasteiger partial charge in [-0.15, -0.1) is 11.3 Å². The number of carbonyl (C=O) groups is 1. The Kier molecular flexibility index (Phi) is 3.70. The lowest BCUT2D eigenvalue weighted by atomic mass is 9.90. The first-order valence-electron chi connectivity index (χ1n) is 8.14. The van der Waals surface area contributed by atoms with Crippen molar-refractivity contribution < 1.29 is 4.79 Å². The number of benzene rings is 1. The third-order valence-electron chi connectivity index (χ3n) is 4.73. The number of likely N-dealkylation sites (tertiary alicyclic amines) is 1. The van der Waals surface area contributed by atoms with E-state index >= 15 is 0 Å². The van der Waals surface area contributed by atoms with Crippen molar-refractivity contribution in [2.75, 3.05) is 13.1 Å². The minimum atomic E-state index is 0.176. The highest BCUT2D eigenvalue weighted by Gasteiger charge is 2.31. The first-order chi connectivity index (χ1) is 10.8.